The topological polar surface area (TPSA) is 34.1 Å². The van der Waals surface area contributed by atoms with Gasteiger partial charge in [0.15, 0.2) is 0 Å². The first kappa shape index (κ1) is 8.78. The van der Waals surface area contributed by atoms with Crippen LogP contribution in [0.2, 0.25) is 5.02 Å². The Hall–Kier alpha value is -0.800. The van der Waals surface area contributed by atoms with Crippen LogP contribution in [-0.2, 0) is 4.79 Å². The zero-order valence-corrected chi connectivity index (χ0v) is 8.33. The lowest BCUT2D eigenvalue weighted by Gasteiger charge is -2.00. The van der Waals surface area contributed by atoms with E-state index in [4.69, 9.17) is 11.6 Å². The molecule has 0 saturated carbocycles. The van der Waals surface area contributed by atoms with E-state index in [9.17, 15) is 9.59 Å². The predicted octanol–water partition coefficient (Wildman–Crippen LogP) is 2.46. The highest BCUT2D eigenvalue weighted by Crippen LogP contribution is 2.36. The number of ketones is 1. The molecule has 1 aliphatic heterocycles. The van der Waals surface area contributed by atoms with Crippen molar-refractivity contribution in [2.24, 2.45) is 0 Å². The summed E-state index contributed by atoms with van der Waals surface area (Å²) in [6, 6.07) is 3.34. The molecule has 13 heavy (non-hydrogen) atoms. The van der Waals surface area contributed by atoms with Crippen LogP contribution in [0.4, 0.5) is 0 Å². The highest BCUT2D eigenvalue weighted by Gasteiger charge is 2.31. The second-order valence-corrected chi connectivity index (χ2v) is 4.27. The number of fused-ring (bicyclic) bond motifs is 1. The van der Waals surface area contributed by atoms with Gasteiger partial charge >= 0.3 is 0 Å². The minimum Gasteiger partial charge on any atom is -0.284 e. The van der Waals surface area contributed by atoms with Crippen molar-refractivity contribution in [1.29, 1.82) is 0 Å². The fourth-order valence-corrected chi connectivity index (χ4v) is 2.61. The van der Waals surface area contributed by atoms with Gasteiger partial charge in [-0.15, -0.1) is 0 Å². The van der Waals surface area contributed by atoms with Gasteiger partial charge in [0.1, 0.15) is 0 Å². The monoisotopic (exact) mass is 212 g/mol. The molecule has 1 heterocycles. The summed E-state index contributed by atoms with van der Waals surface area (Å²) in [5.41, 5.74) is 1.28. The highest BCUT2D eigenvalue weighted by atomic mass is 35.5. The number of carbonyl (C=O) groups excluding carboxylic acids is 2. The molecule has 0 saturated heterocycles. The van der Waals surface area contributed by atoms with Crippen molar-refractivity contribution in [2.75, 3.05) is 0 Å². The number of benzene rings is 1. The fraction of sp³-hybridized carbons (Fsp3) is 0.111. The third-order valence-corrected chi connectivity index (χ3v) is 3.01. The van der Waals surface area contributed by atoms with E-state index in [1.54, 1.807) is 19.1 Å². The van der Waals surface area contributed by atoms with E-state index in [0.717, 1.165) is 17.3 Å². The first-order valence-electron chi connectivity index (χ1n) is 3.66. The number of thioether (sulfide) groups is 1. The number of carbonyl (C=O) groups is 2. The molecule has 0 radical (unpaired) electrons. The quantitative estimate of drug-likeness (QED) is 0.620. The summed E-state index contributed by atoms with van der Waals surface area (Å²) in [7, 11) is 0. The van der Waals surface area contributed by atoms with E-state index in [0.29, 0.717) is 15.5 Å². The molecule has 0 aromatic heterocycles. The van der Waals surface area contributed by atoms with Gasteiger partial charge in [0.25, 0.3) is 5.12 Å². The van der Waals surface area contributed by atoms with Gasteiger partial charge in [0.05, 0.1) is 0 Å². The Kier molecular flexibility index (Phi) is 1.93. The Morgan fingerprint density at radius 2 is 2.00 bits per heavy atom. The van der Waals surface area contributed by atoms with Gasteiger partial charge in [-0.3, -0.25) is 9.59 Å². The average molecular weight is 213 g/mol. The number of rotatable bonds is 0. The summed E-state index contributed by atoms with van der Waals surface area (Å²) in [6.07, 6.45) is 0. The summed E-state index contributed by atoms with van der Waals surface area (Å²) in [4.78, 5) is 23.1. The standard InChI is InChI=1S/C9H5ClO2S/c1-4-2-5(10)3-6-7(4)8(11)9(12)13-6/h2-3H,1H3. The van der Waals surface area contributed by atoms with Crippen molar-refractivity contribution >= 4 is 34.3 Å². The van der Waals surface area contributed by atoms with Crippen molar-refractivity contribution in [3.8, 4) is 0 Å². The van der Waals surface area contributed by atoms with Crippen LogP contribution in [0.15, 0.2) is 17.0 Å². The van der Waals surface area contributed by atoms with Crippen molar-refractivity contribution in [3.63, 3.8) is 0 Å². The summed E-state index contributed by atoms with van der Waals surface area (Å²) in [6.45, 7) is 1.78. The van der Waals surface area contributed by atoms with Gasteiger partial charge in [-0.1, -0.05) is 11.6 Å². The van der Waals surface area contributed by atoms with E-state index in [1.807, 2.05) is 0 Å². The lowest BCUT2D eigenvalue weighted by Crippen LogP contribution is -2.04. The fourth-order valence-electron chi connectivity index (χ4n) is 1.33. The normalized spacial score (nSPS) is 14.9. The minimum absolute atomic E-state index is 0.408. The molecular formula is C9H5ClO2S. The summed E-state index contributed by atoms with van der Waals surface area (Å²) in [5, 5.41) is 0.145. The van der Waals surface area contributed by atoms with Crippen LogP contribution in [0.5, 0.6) is 0 Å². The van der Waals surface area contributed by atoms with Crippen LogP contribution in [0.3, 0.4) is 0 Å². The second-order valence-electron chi connectivity index (χ2n) is 2.81. The van der Waals surface area contributed by atoms with Crippen molar-refractivity contribution in [1.82, 2.24) is 0 Å². The first-order chi connectivity index (χ1) is 6.09. The van der Waals surface area contributed by atoms with E-state index >= 15 is 0 Å². The smallest absolute Gasteiger partial charge is 0.264 e. The Labute approximate surface area is 84.3 Å². The third-order valence-electron chi connectivity index (χ3n) is 1.88. The molecule has 4 heteroatoms. The van der Waals surface area contributed by atoms with Gasteiger partial charge in [-0.2, -0.15) is 0 Å². The zero-order chi connectivity index (χ0) is 9.59. The molecule has 2 nitrogen and oxygen atoms in total. The number of halogens is 1. The van der Waals surface area contributed by atoms with Crippen LogP contribution in [-0.4, -0.2) is 10.9 Å². The minimum atomic E-state index is -0.416. The maximum atomic E-state index is 11.3. The molecule has 2 rings (SSSR count). The van der Waals surface area contributed by atoms with Gasteiger partial charge in [-0.25, -0.2) is 0 Å². The molecule has 0 aliphatic carbocycles. The Balaban J connectivity index is 2.71. The van der Waals surface area contributed by atoms with Crippen LogP contribution < -0.4 is 0 Å². The van der Waals surface area contributed by atoms with E-state index in [2.05, 4.69) is 0 Å². The molecule has 0 atom stereocenters. The zero-order valence-electron chi connectivity index (χ0n) is 6.76. The lowest BCUT2D eigenvalue weighted by molar-refractivity contribution is -0.107. The molecule has 0 spiro atoms. The Bertz CT molecular complexity index is 426. The average Bonchev–Trinajstić information content (AvgIpc) is 2.27. The van der Waals surface area contributed by atoms with Gasteiger partial charge in [0.2, 0.25) is 5.78 Å². The van der Waals surface area contributed by atoms with Crippen LogP contribution in [0.1, 0.15) is 15.9 Å². The summed E-state index contributed by atoms with van der Waals surface area (Å²) < 4.78 is 0. The van der Waals surface area contributed by atoms with Crippen molar-refractivity contribution in [2.45, 2.75) is 11.8 Å². The largest absolute Gasteiger partial charge is 0.284 e. The van der Waals surface area contributed by atoms with Gasteiger partial charge in [-0.05, 0) is 36.4 Å². The molecule has 1 aliphatic rings. The third kappa shape index (κ3) is 1.28. The molecule has 0 fully saturated rings. The molecule has 0 unspecified atom stereocenters. The van der Waals surface area contributed by atoms with Crippen LogP contribution in [0, 0.1) is 6.92 Å². The van der Waals surface area contributed by atoms with Gasteiger partial charge in [0, 0.05) is 15.5 Å². The Morgan fingerprint density at radius 3 is 2.69 bits per heavy atom. The molecule has 66 valence electrons. The maximum Gasteiger partial charge on any atom is 0.264 e. The van der Waals surface area contributed by atoms with Crippen LogP contribution in [0.25, 0.3) is 0 Å². The number of aryl methyl sites for hydroxylation is 1. The maximum absolute atomic E-state index is 11.3. The van der Waals surface area contributed by atoms with Crippen LogP contribution >= 0.6 is 23.4 Å². The number of hydrogen-bond donors (Lipinski definition) is 0. The SMILES string of the molecule is Cc1cc(Cl)cc2c1C(=O)C(=O)S2. The predicted molar refractivity (Wildman–Crippen MR) is 51.4 cm³/mol. The first-order valence-corrected chi connectivity index (χ1v) is 4.85. The second kappa shape index (κ2) is 2.86. The van der Waals surface area contributed by atoms with E-state index in [1.165, 1.54) is 0 Å². The molecule has 1 aromatic rings. The van der Waals surface area contributed by atoms with Crippen molar-refractivity contribution < 1.29 is 9.59 Å². The number of Topliss-reactive ketones (excluding diaryl/α,β-unsaturated/α-hetero) is 1. The summed E-state index contributed by atoms with van der Waals surface area (Å²) >= 11 is 6.74. The summed E-state index contributed by atoms with van der Waals surface area (Å²) in [5.74, 6) is -0.408. The molecule has 0 N–H and O–H groups in total. The highest BCUT2D eigenvalue weighted by molar-refractivity contribution is 8.16. The van der Waals surface area contributed by atoms with Gasteiger partial charge < -0.3 is 0 Å². The Morgan fingerprint density at radius 1 is 1.31 bits per heavy atom. The molecule has 0 bridgehead atoms. The molecule has 0 amide bonds. The lowest BCUT2D eigenvalue weighted by atomic mass is 10.1. The molecular weight excluding hydrogens is 208 g/mol. The van der Waals surface area contributed by atoms with E-state index in [-0.39, 0.29) is 0 Å². The van der Waals surface area contributed by atoms with Crippen molar-refractivity contribution in [3.05, 3.63) is 28.3 Å². The number of hydrogen-bond acceptors (Lipinski definition) is 3. The molecule has 1 aromatic carbocycles. The van der Waals surface area contributed by atoms with E-state index < -0.39 is 10.9 Å².